The average Bonchev–Trinajstić information content (AvgIpc) is 3.28. The molecular formula is C23H35N3O2S. The van der Waals surface area contributed by atoms with Gasteiger partial charge in [-0.2, -0.15) is 11.8 Å². The maximum absolute atomic E-state index is 12.9. The third-order valence-electron chi connectivity index (χ3n) is 6.79. The van der Waals surface area contributed by atoms with Crippen LogP contribution in [0.25, 0.3) is 0 Å². The molecule has 1 atom stereocenters. The number of hydrogen-bond acceptors (Lipinski definition) is 5. The van der Waals surface area contributed by atoms with Gasteiger partial charge in [0.1, 0.15) is 5.75 Å². The van der Waals surface area contributed by atoms with Crippen LogP contribution in [0.3, 0.4) is 0 Å². The number of rotatable bonds is 6. The van der Waals surface area contributed by atoms with Gasteiger partial charge in [-0.15, -0.1) is 0 Å². The van der Waals surface area contributed by atoms with Crippen LogP contribution in [0, 0.1) is 5.92 Å². The first-order valence-electron chi connectivity index (χ1n) is 11.2. The van der Waals surface area contributed by atoms with Gasteiger partial charge in [0.15, 0.2) is 0 Å². The third kappa shape index (κ3) is 5.47. The monoisotopic (exact) mass is 417 g/mol. The van der Waals surface area contributed by atoms with E-state index in [9.17, 15) is 4.79 Å². The number of nitrogens with one attached hydrogen (secondary N) is 2. The van der Waals surface area contributed by atoms with Gasteiger partial charge in [0.25, 0.3) is 5.91 Å². The minimum Gasteiger partial charge on any atom is -0.496 e. The molecule has 3 saturated heterocycles. The van der Waals surface area contributed by atoms with Crippen LogP contribution in [0.15, 0.2) is 18.2 Å². The standard InChI is InChI=1S/C23H35N3O2S/c1-28-22-3-2-18(15-19(22)14-17-4-9-24-16-17)23(27)25-20-5-10-26(11-6-20)21-7-12-29-13-8-21/h2-3,15,17,20-21,24H,4-14,16H2,1H3,(H,25,27). The molecular weight excluding hydrogens is 382 g/mol. The molecule has 3 aliphatic rings. The van der Waals surface area contributed by atoms with E-state index < -0.39 is 0 Å². The fourth-order valence-corrected chi connectivity index (χ4v) is 6.09. The first-order valence-corrected chi connectivity index (χ1v) is 12.4. The third-order valence-corrected chi connectivity index (χ3v) is 7.83. The van der Waals surface area contributed by atoms with Crippen molar-refractivity contribution >= 4 is 17.7 Å². The summed E-state index contributed by atoms with van der Waals surface area (Å²) in [7, 11) is 1.71. The van der Waals surface area contributed by atoms with Crippen molar-refractivity contribution in [3.05, 3.63) is 29.3 Å². The Morgan fingerprint density at radius 2 is 2.00 bits per heavy atom. The van der Waals surface area contributed by atoms with Crippen molar-refractivity contribution in [1.82, 2.24) is 15.5 Å². The van der Waals surface area contributed by atoms with Crippen molar-refractivity contribution in [2.45, 2.75) is 50.6 Å². The Bertz CT molecular complexity index is 679. The number of carbonyl (C=O) groups excluding carboxylic acids is 1. The summed E-state index contributed by atoms with van der Waals surface area (Å²) in [6, 6.07) is 6.96. The molecule has 3 heterocycles. The van der Waals surface area contributed by atoms with Crippen molar-refractivity contribution in [2.24, 2.45) is 5.92 Å². The van der Waals surface area contributed by atoms with Gasteiger partial charge in [0, 0.05) is 30.7 Å². The lowest BCUT2D eigenvalue weighted by molar-refractivity contribution is 0.0886. The molecule has 0 spiro atoms. The van der Waals surface area contributed by atoms with E-state index in [1.807, 2.05) is 18.2 Å². The predicted molar refractivity (Wildman–Crippen MR) is 120 cm³/mol. The zero-order valence-corrected chi connectivity index (χ0v) is 18.4. The molecule has 2 N–H and O–H groups in total. The Morgan fingerprint density at radius 1 is 1.21 bits per heavy atom. The summed E-state index contributed by atoms with van der Waals surface area (Å²) in [5.41, 5.74) is 1.91. The van der Waals surface area contributed by atoms with E-state index in [2.05, 4.69) is 27.3 Å². The van der Waals surface area contributed by atoms with E-state index in [0.29, 0.717) is 12.0 Å². The number of piperidine rings is 1. The second kappa shape index (κ2) is 10.2. The molecule has 4 rings (SSSR count). The van der Waals surface area contributed by atoms with Crippen molar-refractivity contribution in [2.75, 3.05) is 44.8 Å². The lowest BCUT2D eigenvalue weighted by Gasteiger charge is -2.39. The predicted octanol–water partition coefficient (Wildman–Crippen LogP) is 2.94. The van der Waals surface area contributed by atoms with E-state index in [0.717, 1.165) is 68.4 Å². The van der Waals surface area contributed by atoms with Crippen LogP contribution < -0.4 is 15.4 Å². The highest BCUT2D eigenvalue weighted by Crippen LogP contribution is 2.26. The molecule has 0 aliphatic carbocycles. The number of amides is 1. The van der Waals surface area contributed by atoms with Gasteiger partial charge in [-0.05, 0) is 92.8 Å². The number of hydrogen-bond donors (Lipinski definition) is 2. The number of thioether (sulfide) groups is 1. The van der Waals surface area contributed by atoms with Crippen molar-refractivity contribution in [1.29, 1.82) is 0 Å². The normalized spacial score (nSPS) is 24.5. The van der Waals surface area contributed by atoms with Crippen LogP contribution in [0.2, 0.25) is 0 Å². The smallest absolute Gasteiger partial charge is 0.251 e. The average molecular weight is 418 g/mol. The van der Waals surface area contributed by atoms with E-state index in [1.165, 1.54) is 30.8 Å². The molecule has 6 heteroatoms. The molecule has 160 valence electrons. The van der Waals surface area contributed by atoms with Crippen LogP contribution in [-0.2, 0) is 6.42 Å². The van der Waals surface area contributed by atoms with Crippen LogP contribution >= 0.6 is 11.8 Å². The maximum atomic E-state index is 12.9. The summed E-state index contributed by atoms with van der Waals surface area (Å²) in [5, 5.41) is 6.72. The maximum Gasteiger partial charge on any atom is 0.251 e. The van der Waals surface area contributed by atoms with Crippen molar-refractivity contribution in [3.8, 4) is 5.75 Å². The van der Waals surface area contributed by atoms with Gasteiger partial charge in [-0.3, -0.25) is 4.79 Å². The minimum absolute atomic E-state index is 0.0611. The van der Waals surface area contributed by atoms with Gasteiger partial charge in [0.05, 0.1) is 7.11 Å². The SMILES string of the molecule is COc1ccc(C(=O)NC2CCN(C3CCSCC3)CC2)cc1CC1CCNC1. The highest BCUT2D eigenvalue weighted by Gasteiger charge is 2.27. The summed E-state index contributed by atoms with van der Waals surface area (Å²) >= 11 is 2.09. The summed E-state index contributed by atoms with van der Waals surface area (Å²) in [6.07, 6.45) is 6.94. The highest BCUT2D eigenvalue weighted by atomic mass is 32.2. The van der Waals surface area contributed by atoms with Gasteiger partial charge in [-0.1, -0.05) is 0 Å². The molecule has 1 amide bonds. The Kier molecular flexibility index (Phi) is 7.38. The first-order chi connectivity index (χ1) is 14.2. The molecule has 1 aromatic carbocycles. The largest absolute Gasteiger partial charge is 0.496 e. The quantitative estimate of drug-likeness (QED) is 0.745. The zero-order chi connectivity index (χ0) is 20.1. The number of ether oxygens (including phenoxy) is 1. The van der Waals surface area contributed by atoms with Gasteiger partial charge < -0.3 is 20.3 Å². The molecule has 3 fully saturated rings. The Balaban J connectivity index is 1.32. The van der Waals surface area contributed by atoms with Gasteiger partial charge in [-0.25, -0.2) is 0 Å². The second-order valence-corrected chi connectivity index (χ2v) is 9.94. The summed E-state index contributed by atoms with van der Waals surface area (Å²) in [4.78, 5) is 15.6. The molecule has 0 radical (unpaired) electrons. The number of benzene rings is 1. The van der Waals surface area contributed by atoms with Crippen molar-refractivity contribution < 1.29 is 9.53 Å². The van der Waals surface area contributed by atoms with Crippen LogP contribution in [-0.4, -0.2) is 67.7 Å². The highest BCUT2D eigenvalue weighted by molar-refractivity contribution is 7.99. The number of likely N-dealkylation sites (tertiary alicyclic amines) is 1. The molecule has 1 unspecified atom stereocenters. The number of methoxy groups -OCH3 is 1. The van der Waals surface area contributed by atoms with Crippen molar-refractivity contribution in [3.63, 3.8) is 0 Å². The zero-order valence-electron chi connectivity index (χ0n) is 17.6. The lowest BCUT2D eigenvalue weighted by Crippen LogP contribution is -2.48. The second-order valence-electron chi connectivity index (χ2n) is 8.72. The summed E-state index contributed by atoms with van der Waals surface area (Å²) in [6.45, 7) is 4.37. The van der Waals surface area contributed by atoms with Gasteiger partial charge >= 0.3 is 0 Å². The fourth-order valence-electron chi connectivity index (χ4n) is 5.01. The van der Waals surface area contributed by atoms with Crippen LogP contribution in [0.4, 0.5) is 0 Å². The van der Waals surface area contributed by atoms with Crippen LogP contribution in [0.5, 0.6) is 5.75 Å². The molecule has 5 nitrogen and oxygen atoms in total. The Morgan fingerprint density at radius 3 is 2.69 bits per heavy atom. The van der Waals surface area contributed by atoms with Gasteiger partial charge in [0.2, 0.25) is 0 Å². The number of carbonyl (C=O) groups is 1. The molecule has 0 aromatic heterocycles. The Labute approximate surface area is 179 Å². The fraction of sp³-hybridized carbons (Fsp3) is 0.696. The Hall–Kier alpha value is -1.24. The van der Waals surface area contributed by atoms with Crippen LogP contribution in [0.1, 0.15) is 48.0 Å². The molecule has 1 aromatic rings. The molecule has 3 aliphatic heterocycles. The van der Waals surface area contributed by atoms with E-state index in [-0.39, 0.29) is 5.91 Å². The van der Waals surface area contributed by atoms with E-state index in [4.69, 9.17) is 4.74 Å². The topological polar surface area (TPSA) is 53.6 Å². The molecule has 0 bridgehead atoms. The lowest BCUT2D eigenvalue weighted by atomic mass is 9.96. The minimum atomic E-state index is 0.0611. The van der Waals surface area contributed by atoms with E-state index in [1.54, 1.807) is 7.11 Å². The summed E-state index contributed by atoms with van der Waals surface area (Å²) in [5.74, 6) is 4.19. The molecule has 0 saturated carbocycles. The number of nitrogens with zero attached hydrogens (tertiary/aromatic N) is 1. The first kappa shape index (κ1) is 21.0. The van der Waals surface area contributed by atoms with E-state index >= 15 is 0 Å². The summed E-state index contributed by atoms with van der Waals surface area (Å²) < 4.78 is 5.55. The molecule has 29 heavy (non-hydrogen) atoms.